The Bertz CT molecular complexity index is 779. The Balaban J connectivity index is 1.69. The van der Waals surface area contributed by atoms with Gasteiger partial charge in [-0.3, -0.25) is 9.59 Å². The molecule has 4 rings (SSSR count). The van der Waals surface area contributed by atoms with E-state index in [1.807, 2.05) is 4.90 Å². The third kappa shape index (κ3) is 3.01. The highest BCUT2D eigenvalue weighted by Crippen LogP contribution is 2.48. The predicted octanol–water partition coefficient (Wildman–Crippen LogP) is 2.31. The van der Waals surface area contributed by atoms with Crippen molar-refractivity contribution in [2.75, 3.05) is 33.0 Å². The Labute approximate surface area is 152 Å². The number of fused-ring (bicyclic) bond motifs is 1. The topological polar surface area (TPSA) is 69.0 Å². The summed E-state index contributed by atoms with van der Waals surface area (Å²) in [6, 6.07) is 2.78. The van der Waals surface area contributed by atoms with Crippen LogP contribution in [0.25, 0.3) is 0 Å². The smallest absolute Gasteiger partial charge is 0.289 e. The monoisotopic (exact) mass is 359 g/mol. The van der Waals surface area contributed by atoms with Crippen molar-refractivity contribution >= 4 is 5.91 Å². The van der Waals surface area contributed by atoms with Crippen LogP contribution in [-0.2, 0) is 9.47 Å². The van der Waals surface area contributed by atoms with E-state index < -0.39 is 0 Å². The van der Waals surface area contributed by atoms with Crippen LogP contribution < -0.4 is 5.43 Å². The van der Waals surface area contributed by atoms with Crippen LogP contribution >= 0.6 is 0 Å². The van der Waals surface area contributed by atoms with Gasteiger partial charge in [0.25, 0.3) is 5.91 Å². The maximum absolute atomic E-state index is 13.2. The van der Waals surface area contributed by atoms with E-state index in [1.54, 1.807) is 6.92 Å². The first-order chi connectivity index (χ1) is 12.6. The van der Waals surface area contributed by atoms with Crippen molar-refractivity contribution in [3.8, 4) is 0 Å². The van der Waals surface area contributed by atoms with E-state index in [0.29, 0.717) is 32.1 Å². The molecule has 1 aromatic heterocycles. The van der Waals surface area contributed by atoms with Crippen LogP contribution in [0.2, 0.25) is 0 Å². The zero-order valence-electron chi connectivity index (χ0n) is 15.2. The van der Waals surface area contributed by atoms with Gasteiger partial charge in [0.05, 0.1) is 19.8 Å². The molecule has 0 radical (unpaired) electrons. The fraction of sp³-hybridized carbons (Fsp3) is 0.600. The fourth-order valence-electron chi connectivity index (χ4n) is 4.78. The normalized spacial score (nSPS) is 29.0. The molecule has 0 saturated carbocycles. The van der Waals surface area contributed by atoms with Crippen LogP contribution in [-0.4, -0.2) is 49.8 Å². The van der Waals surface area contributed by atoms with Gasteiger partial charge >= 0.3 is 0 Å². The molecule has 1 amide bonds. The van der Waals surface area contributed by atoms with E-state index in [4.69, 9.17) is 13.9 Å². The third-order valence-electron chi connectivity index (χ3n) is 5.90. The number of carbonyl (C=O) groups excluding carboxylic acids is 1. The number of piperidine rings is 1. The lowest BCUT2D eigenvalue weighted by atomic mass is 9.65. The van der Waals surface area contributed by atoms with E-state index in [2.05, 4.69) is 6.08 Å². The van der Waals surface area contributed by atoms with E-state index >= 15 is 0 Å². The second-order valence-corrected chi connectivity index (χ2v) is 7.44. The molecular weight excluding hydrogens is 334 g/mol. The molecule has 6 nitrogen and oxygen atoms in total. The van der Waals surface area contributed by atoms with Gasteiger partial charge in [0.2, 0.25) is 0 Å². The van der Waals surface area contributed by atoms with Crippen molar-refractivity contribution < 1.29 is 18.7 Å². The molecule has 26 heavy (non-hydrogen) atoms. The zero-order valence-corrected chi connectivity index (χ0v) is 15.2. The second kappa shape index (κ2) is 7.00. The molecule has 0 unspecified atom stereocenters. The van der Waals surface area contributed by atoms with E-state index in [-0.39, 0.29) is 28.6 Å². The minimum absolute atomic E-state index is 0.0765. The Morgan fingerprint density at radius 1 is 1.27 bits per heavy atom. The highest BCUT2D eigenvalue weighted by atomic mass is 16.5. The van der Waals surface area contributed by atoms with Gasteiger partial charge in [-0.05, 0) is 32.6 Å². The molecule has 2 atom stereocenters. The number of rotatable bonds is 2. The van der Waals surface area contributed by atoms with Crippen molar-refractivity contribution in [3.05, 3.63) is 45.5 Å². The van der Waals surface area contributed by atoms with Gasteiger partial charge in [-0.25, -0.2) is 0 Å². The summed E-state index contributed by atoms with van der Waals surface area (Å²) in [5.74, 6) is 0.413. The molecule has 0 aliphatic carbocycles. The lowest BCUT2D eigenvalue weighted by Crippen LogP contribution is -2.59. The van der Waals surface area contributed by atoms with E-state index in [9.17, 15) is 9.59 Å². The molecule has 6 heteroatoms. The average Bonchev–Trinajstić information content (AvgIpc) is 2.67. The highest BCUT2D eigenvalue weighted by Gasteiger charge is 2.50. The lowest BCUT2D eigenvalue weighted by molar-refractivity contribution is -0.0745. The van der Waals surface area contributed by atoms with Gasteiger partial charge in [0.15, 0.2) is 11.2 Å². The first kappa shape index (κ1) is 17.5. The first-order valence-corrected chi connectivity index (χ1v) is 9.38. The quantitative estimate of drug-likeness (QED) is 0.758. The van der Waals surface area contributed by atoms with E-state index in [1.165, 1.54) is 17.7 Å². The maximum Gasteiger partial charge on any atom is 0.289 e. The summed E-state index contributed by atoms with van der Waals surface area (Å²) in [5, 5.41) is 0. The number of ether oxygens (including phenoxy) is 2. The average molecular weight is 359 g/mol. The summed E-state index contributed by atoms with van der Waals surface area (Å²) in [4.78, 5) is 26.9. The largest absolute Gasteiger partial charge is 0.456 e. The summed E-state index contributed by atoms with van der Waals surface area (Å²) in [5.41, 5.74) is 1.02. The van der Waals surface area contributed by atoms with Crippen LogP contribution in [0, 0.1) is 12.3 Å². The molecular formula is C20H25NO5. The van der Waals surface area contributed by atoms with Gasteiger partial charge < -0.3 is 18.8 Å². The predicted molar refractivity (Wildman–Crippen MR) is 95.2 cm³/mol. The van der Waals surface area contributed by atoms with Gasteiger partial charge in [-0.15, -0.1) is 0 Å². The van der Waals surface area contributed by atoms with Crippen molar-refractivity contribution in [2.45, 2.75) is 38.6 Å². The van der Waals surface area contributed by atoms with Crippen molar-refractivity contribution in [2.24, 2.45) is 5.41 Å². The molecule has 0 spiro atoms. The Morgan fingerprint density at radius 3 is 2.92 bits per heavy atom. The zero-order chi connectivity index (χ0) is 18.1. The molecule has 0 N–H and O–H groups in total. The van der Waals surface area contributed by atoms with Crippen LogP contribution in [0.4, 0.5) is 0 Å². The van der Waals surface area contributed by atoms with Crippen molar-refractivity contribution in [1.82, 2.24) is 4.90 Å². The highest BCUT2D eigenvalue weighted by molar-refractivity contribution is 5.91. The van der Waals surface area contributed by atoms with Crippen molar-refractivity contribution in [1.29, 1.82) is 0 Å². The maximum atomic E-state index is 13.2. The molecule has 1 aromatic rings. The Hall–Kier alpha value is -1.92. The van der Waals surface area contributed by atoms with Gasteiger partial charge in [-0.2, -0.15) is 0 Å². The van der Waals surface area contributed by atoms with Gasteiger partial charge in [0.1, 0.15) is 5.76 Å². The molecule has 0 bridgehead atoms. The standard InChI is InChI=1S/C20H25NO5/c1-14-11-16(22)12-17(26-14)19(23)21-7-2-6-20(13-25-10-5-18(20)21)15-3-8-24-9-4-15/h3,11-12,18H,2,4-10,13H2,1H3/t18-,20-/m0/s1. The van der Waals surface area contributed by atoms with Crippen molar-refractivity contribution in [3.63, 3.8) is 0 Å². The number of nitrogens with zero attached hydrogens (tertiary/aromatic N) is 1. The minimum atomic E-state index is -0.195. The third-order valence-corrected chi connectivity index (χ3v) is 5.90. The number of likely N-dealkylation sites (tertiary alicyclic amines) is 1. The minimum Gasteiger partial charge on any atom is -0.456 e. The Morgan fingerprint density at radius 2 is 2.15 bits per heavy atom. The fourth-order valence-corrected chi connectivity index (χ4v) is 4.78. The van der Waals surface area contributed by atoms with Crippen LogP contribution in [0.3, 0.4) is 0 Å². The Kier molecular flexibility index (Phi) is 4.71. The summed E-state index contributed by atoms with van der Waals surface area (Å²) in [7, 11) is 0. The van der Waals surface area contributed by atoms with E-state index in [0.717, 1.165) is 32.3 Å². The van der Waals surface area contributed by atoms with Gasteiger partial charge in [0, 0.05) is 36.7 Å². The number of amides is 1. The molecule has 0 aromatic carbocycles. The SMILES string of the molecule is Cc1cc(=O)cc(C(=O)N2CCC[C@@]3(C4=CCOCC4)COCC[C@H]23)o1. The molecule has 140 valence electrons. The number of carbonyl (C=O) groups is 1. The number of hydrogen-bond donors (Lipinski definition) is 0. The number of aryl methyl sites for hydroxylation is 1. The summed E-state index contributed by atoms with van der Waals surface area (Å²) < 4.78 is 16.9. The van der Waals surface area contributed by atoms with Crippen LogP contribution in [0.1, 0.15) is 42.0 Å². The molecule has 2 fully saturated rings. The molecule has 4 heterocycles. The molecule has 3 aliphatic heterocycles. The van der Waals surface area contributed by atoms with Gasteiger partial charge in [-0.1, -0.05) is 11.6 Å². The summed E-state index contributed by atoms with van der Waals surface area (Å²) in [6.07, 6.45) is 5.80. The molecule has 2 saturated heterocycles. The summed E-state index contributed by atoms with van der Waals surface area (Å²) >= 11 is 0. The second-order valence-electron chi connectivity index (χ2n) is 7.44. The van der Waals surface area contributed by atoms with Crippen LogP contribution in [0.5, 0.6) is 0 Å². The summed E-state index contributed by atoms with van der Waals surface area (Å²) in [6.45, 7) is 5.03. The van der Waals surface area contributed by atoms with Crippen LogP contribution in [0.15, 0.2) is 33.0 Å². The molecule has 3 aliphatic rings. The lowest BCUT2D eigenvalue weighted by Gasteiger charge is -2.53. The first-order valence-electron chi connectivity index (χ1n) is 9.38. The number of hydrogen-bond acceptors (Lipinski definition) is 5.